The Kier molecular flexibility index (Phi) is 7.42. The van der Waals surface area contributed by atoms with E-state index in [-0.39, 0.29) is 0 Å². The Morgan fingerprint density at radius 1 is 1.17 bits per heavy atom. The summed E-state index contributed by atoms with van der Waals surface area (Å²) in [7, 11) is 0. The van der Waals surface area contributed by atoms with E-state index in [1.165, 1.54) is 24.8 Å². The topological polar surface area (TPSA) is 34.1 Å². The van der Waals surface area contributed by atoms with Crippen molar-refractivity contribution < 1.29 is 4.74 Å². The van der Waals surface area contributed by atoms with Gasteiger partial charge in [-0.05, 0) is 31.5 Å². The molecule has 0 aromatic carbocycles. The van der Waals surface area contributed by atoms with Crippen LogP contribution in [0.2, 0.25) is 0 Å². The molecule has 0 unspecified atom stereocenters. The Morgan fingerprint density at radius 3 is 2.72 bits per heavy atom. The molecule has 0 atom stereocenters. The maximum Gasteiger partial charge on any atom is 0.213 e. The second-order valence-electron chi connectivity index (χ2n) is 4.64. The van der Waals surface area contributed by atoms with Crippen LogP contribution in [0.15, 0.2) is 12.1 Å². The quantitative estimate of drug-likeness (QED) is 0.682. The van der Waals surface area contributed by atoms with Gasteiger partial charge in [-0.2, -0.15) is 0 Å². The van der Waals surface area contributed by atoms with Gasteiger partial charge in [0.2, 0.25) is 5.88 Å². The van der Waals surface area contributed by atoms with Crippen molar-refractivity contribution in [1.82, 2.24) is 10.3 Å². The van der Waals surface area contributed by atoms with Crippen LogP contribution in [0.25, 0.3) is 0 Å². The molecule has 1 N–H and O–H groups in total. The zero-order chi connectivity index (χ0) is 13.2. The van der Waals surface area contributed by atoms with Gasteiger partial charge in [-0.3, -0.25) is 0 Å². The lowest BCUT2D eigenvalue weighted by atomic mass is 10.2. The normalized spacial score (nSPS) is 10.6. The van der Waals surface area contributed by atoms with Crippen molar-refractivity contribution in [3.8, 4) is 5.88 Å². The highest BCUT2D eigenvalue weighted by Crippen LogP contribution is 2.13. The third-order valence-electron chi connectivity index (χ3n) is 2.82. The third-order valence-corrected chi connectivity index (χ3v) is 2.82. The number of aryl methyl sites for hydroxylation is 1. The molecule has 1 rings (SSSR count). The van der Waals surface area contributed by atoms with Gasteiger partial charge in [-0.25, -0.2) is 4.98 Å². The number of rotatable bonds is 9. The molecule has 102 valence electrons. The van der Waals surface area contributed by atoms with Gasteiger partial charge in [0.15, 0.2) is 0 Å². The zero-order valence-electron chi connectivity index (χ0n) is 12.0. The van der Waals surface area contributed by atoms with Crippen LogP contribution in [0.4, 0.5) is 0 Å². The van der Waals surface area contributed by atoms with Gasteiger partial charge in [-0.15, -0.1) is 0 Å². The second-order valence-corrected chi connectivity index (χ2v) is 4.64. The van der Waals surface area contributed by atoms with Gasteiger partial charge in [0, 0.05) is 18.3 Å². The van der Waals surface area contributed by atoms with E-state index in [2.05, 4.69) is 30.2 Å². The number of hydrogen-bond donors (Lipinski definition) is 1. The van der Waals surface area contributed by atoms with E-state index >= 15 is 0 Å². The highest BCUT2D eigenvalue weighted by atomic mass is 16.5. The highest BCUT2D eigenvalue weighted by molar-refractivity contribution is 5.24. The molecule has 0 aliphatic heterocycles. The van der Waals surface area contributed by atoms with E-state index in [9.17, 15) is 0 Å². The number of nitrogens with one attached hydrogen (secondary N) is 1. The van der Waals surface area contributed by atoms with Crippen LogP contribution in [0, 0.1) is 6.92 Å². The maximum absolute atomic E-state index is 5.72. The monoisotopic (exact) mass is 250 g/mol. The molecular formula is C15H26N2O. The molecule has 1 aromatic heterocycles. The van der Waals surface area contributed by atoms with Gasteiger partial charge < -0.3 is 10.1 Å². The summed E-state index contributed by atoms with van der Waals surface area (Å²) in [5.41, 5.74) is 2.27. The van der Waals surface area contributed by atoms with Crippen molar-refractivity contribution in [3.63, 3.8) is 0 Å². The Balaban J connectivity index is 2.41. The molecule has 3 nitrogen and oxygen atoms in total. The maximum atomic E-state index is 5.72. The molecule has 0 aliphatic carbocycles. The molecule has 0 aliphatic rings. The average molecular weight is 250 g/mol. The minimum absolute atomic E-state index is 0.763. The number of unbranched alkanes of at least 4 members (excludes halogenated alkanes) is 3. The predicted molar refractivity (Wildman–Crippen MR) is 76.0 cm³/mol. The fourth-order valence-corrected chi connectivity index (χ4v) is 1.86. The first-order chi connectivity index (χ1) is 8.76. The van der Waals surface area contributed by atoms with Crippen LogP contribution in [0.5, 0.6) is 5.88 Å². The molecule has 1 heterocycles. The predicted octanol–water partition coefficient (Wildman–Crippen LogP) is 3.46. The number of nitrogens with zero attached hydrogens (tertiary/aromatic N) is 1. The number of aromatic nitrogens is 1. The van der Waals surface area contributed by atoms with Crippen molar-refractivity contribution in [2.24, 2.45) is 0 Å². The van der Waals surface area contributed by atoms with E-state index in [4.69, 9.17) is 4.74 Å². The molecule has 0 spiro atoms. The first-order valence-corrected chi connectivity index (χ1v) is 7.07. The van der Waals surface area contributed by atoms with E-state index < -0.39 is 0 Å². The van der Waals surface area contributed by atoms with Crippen LogP contribution in [-0.4, -0.2) is 18.1 Å². The fourth-order valence-electron chi connectivity index (χ4n) is 1.86. The van der Waals surface area contributed by atoms with E-state index in [1.807, 2.05) is 13.0 Å². The molecule has 0 saturated heterocycles. The van der Waals surface area contributed by atoms with Crippen molar-refractivity contribution in [2.45, 2.75) is 53.0 Å². The molecule has 0 fully saturated rings. The van der Waals surface area contributed by atoms with E-state index in [1.54, 1.807) is 0 Å². The van der Waals surface area contributed by atoms with Gasteiger partial charge in [0.05, 0.1) is 6.61 Å². The number of ether oxygens (including phenoxy) is 1. The van der Waals surface area contributed by atoms with Gasteiger partial charge in [0.25, 0.3) is 0 Å². The van der Waals surface area contributed by atoms with Gasteiger partial charge in [0.1, 0.15) is 0 Å². The SMILES string of the molecule is CCCCCCOc1cc(CNCC)cc(C)n1. The fraction of sp³-hybridized carbons (Fsp3) is 0.667. The third kappa shape index (κ3) is 6.01. The minimum Gasteiger partial charge on any atom is -0.478 e. The average Bonchev–Trinajstić information content (AvgIpc) is 2.35. The first kappa shape index (κ1) is 15.0. The van der Waals surface area contributed by atoms with Crippen LogP contribution >= 0.6 is 0 Å². The molecular weight excluding hydrogens is 224 g/mol. The summed E-state index contributed by atoms with van der Waals surface area (Å²) in [5.74, 6) is 0.763. The molecule has 1 aromatic rings. The first-order valence-electron chi connectivity index (χ1n) is 7.07. The number of hydrogen-bond acceptors (Lipinski definition) is 3. The summed E-state index contributed by atoms with van der Waals surface area (Å²) >= 11 is 0. The lowest BCUT2D eigenvalue weighted by Crippen LogP contribution is -2.12. The zero-order valence-corrected chi connectivity index (χ0v) is 12.0. The Labute approximate surface area is 111 Å². The largest absolute Gasteiger partial charge is 0.478 e. The summed E-state index contributed by atoms with van der Waals surface area (Å²) in [6.07, 6.45) is 4.91. The molecule has 0 radical (unpaired) electrons. The highest BCUT2D eigenvalue weighted by Gasteiger charge is 2.01. The smallest absolute Gasteiger partial charge is 0.213 e. The molecule has 0 amide bonds. The van der Waals surface area contributed by atoms with Crippen molar-refractivity contribution >= 4 is 0 Å². The van der Waals surface area contributed by atoms with Crippen LogP contribution in [-0.2, 0) is 6.54 Å². The lowest BCUT2D eigenvalue weighted by Gasteiger charge is -2.09. The molecule has 0 saturated carbocycles. The Morgan fingerprint density at radius 2 is 2.00 bits per heavy atom. The van der Waals surface area contributed by atoms with Crippen molar-refractivity contribution in [1.29, 1.82) is 0 Å². The second kappa shape index (κ2) is 8.92. The van der Waals surface area contributed by atoms with Gasteiger partial charge in [-0.1, -0.05) is 33.1 Å². The lowest BCUT2D eigenvalue weighted by molar-refractivity contribution is 0.293. The molecule has 0 bridgehead atoms. The summed E-state index contributed by atoms with van der Waals surface area (Å²) in [5, 5.41) is 3.32. The Hall–Kier alpha value is -1.09. The minimum atomic E-state index is 0.763. The molecule has 3 heteroatoms. The summed E-state index contributed by atoms with van der Waals surface area (Å²) in [6, 6.07) is 4.14. The summed E-state index contributed by atoms with van der Waals surface area (Å²) in [6.45, 7) is 8.98. The van der Waals surface area contributed by atoms with E-state index in [0.29, 0.717) is 0 Å². The summed E-state index contributed by atoms with van der Waals surface area (Å²) < 4.78 is 5.72. The van der Waals surface area contributed by atoms with Crippen LogP contribution < -0.4 is 10.1 Å². The van der Waals surface area contributed by atoms with E-state index in [0.717, 1.165) is 37.7 Å². The van der Waals surface area contributed by atoms with Crippen molar-refractivity contribution in [2.75, 3.05) is 13.2 Å². The van der Waals surface area contributed by atoms with Gasteiger partial charge >= 0.3 is 0 Å². The number of pyridine rings is 1. The van der Waals surface area contributed by atoms with Crippen molar-refractivity contribution in [3.05, 3.63) is 23.4 Å². The summed E-state index contributed by atoms with van der Waals surface area (Å²) in [4.78, 5) is 4.41. The Bertz CT molecular complexity index is 339. The van der Waals surface area contributed by atoms with Crippen LogP contribution in [0.1, 0.15) is 50.8 Å². The standard InChI is InChI=1S/C15H26N2O/c1-4-6-7-8-9-18-15-11-14(12-16-5-2)10-13(3)17-15/h10-11,16H,4-9,12H2,1-3H3. The van der Waals surface area contributed by atoms with Crippen LogP contribution in [0.3, 0.4) is 0 Å². The molecule has 18 heavy (non-hydrogen) atoms.